The summed E-state index contributed by atoms with van der Waals surface area (Å²) >= 11 is 1.30. The largest absolute Gasteiger partial charge is 0.478 e. The van der Waals surface area contributed by atoms with Crippen molar-refractivity contribution >= 4 is 23.4 Å². The minimum Gasteiger partial charge on any atom is -0.478 e. The van der Waals surface area contributed by atoms with Crippen LogP contribution in [0, 0.1) is 5.82 Å². The number of carboxylic acids is 1. The summed E-state index contributed by atoms with van der Waals surface area (Å²) in [6.45, 7) is 0. The summed E-state index contributed by atoms with van der Waals surface area (Å²) in [6, 6.07) is 10.4. The van der Waals surface area contributed by atoms with Crippen molar-refractivity contribution in [1.82, 2.24) is 0 Å². The molecule has 0 fully saturated rings. The molecule has 0 aliphatic rings. The fraction of sp³-hybridized carbons (Fsp3) is 0. The molecule has 0 saturated carbocycles. The first-order chi connectivity index (χ1) is 8.56. The average Bonchev–Trinajstić information content (AvgIpc) is 2.34. The quantitative estimate of drug-likeness (QED) is 0.834. The van der Waals surface area contributed by atoms with E-state index in [-0.39, 0.29) is 11.4 Å². The number of carboxylic acid groups (broad SMARTS) is 1. The number of nitrogen functional groups attached to an aromatic ring is 1. The molecule has 0 unspecified atom stereocenters. The Bertz CT molecular complexity index is 584. The maximum absolute atomic E-state index is 12.8. The Morgan fingerprint density at radius 1 is 1.17 bits per heavy atom. The zero-order valence-electron chi connectivity index (χ0n) is 9.26. The fourth-order valence-electron chi connectivity index (χ4n) is 1.39. The third-order valence-electron chi connectivity index (χ3n) is 2.30. The number of benzene rings is 2. The molecule has 2 aromatic carbocycles. The van der Waals surface area contributed by atoms with Crippen LogP contribution in [0.5, 0.6) is 0 Å². The van der Waals surface area contributed by atoms with Crippen molar-refractivity contribution in [1.29, 1.82) is 0 Å². The fourth-order valence-corrected chi connectivity index (χ4v) is 2.28. The van der Waals surface area contributed by atoms with Crippen LogP contribution in [0.25, 0.3) is 0 Å². The van der Waals surface area contributed by atoms with E-state index >= 15 is 0 Å². The van der Waals surface area contributed by atoms with Crippen molar-refractivity contribution < 1.29 is 14.3 Å². The van der Waals surface area contributed by atoms with Gasteiger partial charge >= 0.3 is 5.97 Å². The van der Waals surface area contributed by atoms with E-state index in [2.05, 4.69) is 0 Å². The van der Waals surface area contributed by atoms with Crippen LogP contribution in [0.1, 0.15) is 10.4 Å². The first-order valence-corrected chi connectivity index (χ1v) is 5.94. The minimum absolute atomic E-state index is 0.175. The lowest BCUT2D eigenvalue weighted by atomic mass is 10.2. The number of hydrogen-bond donors (Lipinski definition) is 2. The maximum atomic E-state index is 12.8. The van der Waals surface area contributed by atoms with Crippen molar-refractivity contribution in [2.45, 2.75) is 9.79 Å². The molecule has 18 heavy (non-hydrogen) atoms. The summed E-state index contributed by atoms with van der Waals surface area (Å²) in [5, 5.41) is 8.90. The Hall–Kier alpha value is -2.01. The van der Waals surface area contributed by atoms with Gasteiger partial charge in [-0.15, -0.1) is 0 Å². The Kier molecular flexibility index (Phi) is 3.53. The Morgan fingerprint density at radius 3 is 2.44 bits per heavy atom. The van der Waals surface area contributed by atoms with Gasteiger partial charge in [-0.05, 0) is 42.5 Å². The van der Waals surface area contributed by atoms with Gasteiger partial charge in [0, 0.05) is 15.5 Å². The summed E-state index contributed by atoms with van der Waals surface area (Å²) in [6.07, 6.45) is 0. The van der Waals surface area contributed by atoms with Crippen molar-refractivity contribution in [2.24, 2.45) is 0 Å². The van der Waals surface area contributed by atoms with Crippen LogP contribution >= 0.6 is 11.8 Å². The SMILES string of the molecule is Nc1ccc(C(=O)O)cc1Sc1ccc(F)cc1. The average molecular weight is 263 g/mol. The molecule has 0 atom stereocenters. The highest BCUT2D eigenvalue weighted by atomic mass is 32.2. The van der Waals surface area contributed by atoms with E-state index < -0.39 is 5.97 Å². The molecule has 0 aliphatic carbocycles. The molecule has 5 heteroatoms. The molecule has 92 valence electrons. The molecular weight excluding hydrogens is 253 g/mol. The lowest BCUT2D eigenvalue weighted by Crippen LogP contribution is -1.98. The molecule has 0 amide bonds. The van der Waals surface area contributed by atoms with E-state index in [0.717, 1.165) is 4.90 Å². The molecular formula is C13H10FNO2S. The lowest BCUT2D eigenvalue weighted by Gasteiger charge is -2.06. The Morgan fingerprint density at radius 2 is 1.83 bits per heavy atom. The van der Waals surface area contributed by atoms with Crippen LogP contribution in [-0.4, -0.2) is 11.1 Å². The molecule has 0 spiro atoms. The van der Waals surface area contributed by atoms with E-state index in [9.17, 15) is 9.18 Å². The number of anilines is 1. The minimum atomic E-state index is -1.00. The summed E-state index contributed by atoms with van der Waals surface area (Å²) < 4.78 is 12.8. The number of aromatic carboxylic acids is 1. The monoisotopic (exact) mass is 263 g/mol. The second-order valence-electron chi connectivity index (χ2n) is 3.61. The van der Waals surface area contributed by atoms with E-state index in [1.807, 2.05) is 0 Å². The predicted molar refractivity (Wildman–Crippen MR) is 68.3 cm³/mol. The number of hydrogen-bond acceptors (Lipinski definition) is 3. The highest BCUT2D eigenvalue weighted by molar-refractivity contribution is 7.99. The molecule has 0 radical (unpaired) electrons. The predicted octanol–water partition coefficient (Wildman–Crippen LogP) is 3.26. The second kappa shape index (κ2) is 5.10. The van der Waals surface area contributed by atoms with Gasteiger partial charge in [-0.1, -0.05) is 11.8 Å². The molecule has 3 N–H and O–H groups in total. The van der Waals surface area contributed by atoms with Crippen molar-refractivity contribution in [3.63, 3.8) is 0 Å². The standard InChI is InChI=1S/C13H10FNO2S/c14-9-2-4-10(5-3-9)18-12-7-8(13(16)17)1-6-11(12)15/h1-7H,15H2,(H,16,17). The zero-order chi connectivity index (χ0) is 13.1. The molecule has 0 aliphatic heterocycles. The van der Waals surface area contributed by atoms with Gasteiger partial charge in [-0.2, -0.15) is 0 Å². The van der Waals surface area contributed by atoms with Crippen molar-refractivity contribution in [3.05, 3.63) is 53.8 Å². The third kappa shape index (κ3) is 2.81. The van der Waals surface area contributed by atoms with Gasteiger partial charge in [0.15, 0.2) is 0 Å². The van der Waals surface area contributed by atoms with E-state index in [4.69, 9.17) is 10.8 Å². The molecule has 2 aromatic rings. The molecule has 2 rings (SSSR count). The number of nitrogens with two attached hydrogens (primary N) is 1. The van der Waals surface area contributed by atoms with Crippen LogP contribution in [0.2, 0.25) is 0 Å². The van der Waals surface area contributed by atoms with Gasteiger partial charge in [0.1, 0.15) is 5.82 Å². The highest BCUT2D eigenvalue weighted by Crippen LogP contribution is 2.32. The molecule has 0 saturated heterocycles. The first-order valence-electron chi connectivity index (χ1n) is 5.12. The number of rotatable bonds is 3. The second-order valence-corrected chi connectivity index (χ2v) is 4.73. The van der Waals surface area contributed by atoms with Gasteiger partial charge in [0.05, 0.1) is 5.56 Å². The van der Waals surface area contributed by atoms with Gasteiger partial charge < -0.3 is 10.8 Å². The van der Waals surface area contributed by atoms with Gasteiger partial charge in [-0.3, -0.25) is 0 Å². The summed E-state index contributed by atoms with van der Waals surface area (Å²) in [5.74, 6) is -1.32. The van der Waals surface area contributed by atoms with Crippen LogP contribution in [0.15, 0.2) is 52.3 Å². The Labute approximate surface area is 107 Å². The summed E-state index contributed by atoms with van der Waals surface area (Å²) in [4.78, 5) is 12.3. The smallest absolute Gasteiger partial charge is 0.335 e. The van der Waals surface area contributed by atoms with Crippen LogP contribution in [0.3, 0.4) is 0 Å². The summed E-state index contributed by atoms with van der Waals surface area (Å²) in [5.41, 5.74) is 6.45. The first kappa shape index (κ1) is 12.4. The summed E-state index contributed by atoms with van der Waals surface area (Å²) in [7, 11) is 0. The van der Waals surface area contributed by atoms with Crippen LogP contribution < -0.4 is 5.73 Å². The third-order valence-corrected chi connectivity index (χ3v) is 3.38. The Balaban J connectivity index is 2.30. The topological polar surface area (TPSA) is 63.3 Å². The van der Waals surface area contributed by atoms with Crippen LogP contribution in [0.4, 0.5) is 10.1 Å². The molecule has 0 aromatic heterocycles. The van der Waals surface area contributed by atoms with Crippen LogP contribution in [-0.2, 0) is 0 Å². The van der Waals surface area contributed by atoms with Gasteiger partial charge in [-0.25, -0.2) is 9.18 Å². The van der Waals surface area contributed by atoms with Gasteiger partial charge in [0.25, 0.3) is 0 Å². The van der Waals surface area contributed by atoms with E-state index in [0.29, 0.717) is 10.6 Å². The number of carbonyl (C=O) groups is 1. The highest BCUT2D eigenvalue weighted by Gasteiger charge is 2.08. The van der Waals surface area contributed by atoms with Gasteiger partial charge in [0.2, 0.25) is 0 Å². The molecule has 0 heterocycles. The molecule has 0 bridgehead atoms. The number of halogens is 1. The molecule has 3 nitrogen and oxygen atoms in total. The van der Waals surface area contributed by atoms with E-state index in [1.165, 1.54) is 36.0 Å². The lowest BCUT2D eigenvalue weighted by molar-refractivity contribution is 0.0696. The zero-order valence-corrected chi connectivity index (χ0v) is 10.1. The van der Waals surface area contributed by atoms with Crippen molar-refractivity contribution in [2.75, 3.05) is 5.73 Å². The van der Waals surface area contributed by atoms with E-state index in [1.54, 1.807) is 18.2 Å². The maximum Gasteiger partial charge on any atom is 0.335 e. The normalized spacial score (nSPS) is 10.3. The van der Waals surface area contributed by atoms with Crippen molar-refractivity contribution in [3.8, 4) is 0 Å².